The van der Waals surface area contributed by atoms with Crippen molar-refractivity contribution in [1.82, 2.24) is 0 Å². The maximum Gasteiger partial charge on any atom is 0.397 e. The number of esters is 1. The molecule has 0 radical (unpaired) electrons. The lowest BCUT2D eigenvalue weighted by Gasteiger charge is -2.03. The first kappa shape index (κ1) is 13.1. The van der Waals surface area contributed by atoms with E-state index < -0.39 is 16.4 Å². The van der Waals surface area contributed by atoms with Gasteiger partial charge in [-0.15, -0.1) is 0 Å². The minimum Gasteiger partial charge on any atom is -0.462 e. The minimum atomic E-state index is -4.40. The van der Waals surface area contributed by atoms with Crippen molar-refractivity contribution in [2.45, 2.75) is 13.3 Å². The highest BCUT2D eigenvalue weighted by atomic mass is 32.3. The molecule has 0 aromatic carbocycles. The van der Waals surface area contributed by atoms with Crippen molar-refractivity contribution in [1.29, 1.82) is 0 Å². The molecule has 0 bridgehead atoms. The fourth-order valence-electron chi connectivity index (χ4n) is 0.511. The van der Waals surface area contributed by atoms with E-state index >= 15 is 0 Å². The van der Waals surface area contributed by atoms with Crippen molar-refractivity contribution >= 4 is 16.4 Å². The third-order valence-corrected chi connectivity index (χ3v) is 1.57. The van der Waals surface area contributed by atoms with Crippen LogP contribution in [0.3, 0.4) is 0 Å². The van der Waals surface area contributed by atoms with Crippen LogP contribution in [0.2, 0.25) is 0 Å². The van der Waals surface area contributed by atoms with Gasteiger partial charge in [0.1, 0.15) is 0 Å². The molecule has 0 heterocycles. The van der Waals surface area contributed by atoms with Gasteiger partial charge in [0.05, 0.1) is 13.2 Å². The smallest absolute Gasteiger partial charge is 0.397 e. The number of hydrogen-bond acceptors (Lipinski definition) is 5. The summed E-state index contributed by atoms with van der Waals surface area (Å²) in [6.07, 6.45) is 0.179. The van der Waals surface area contributed by atoms with Gasteiger partial charge in [-0.1, -0.05) is 6.58 Å². The van der Waals surface area contributed by atoms with Crippen molar-refractivity contribution < 1.29 is 26.7 Å². The molecular formula is C7H12O6S. The summed E-state index contributed by atoms with van der Waals surface area (Å²) in [5.74, 6) is -0.545. The monoisotopic (exact) mass is 224 g/mol. The molecule has 0 aliphatic carbocycles. The third kappa shape index (κ3) is 7.71. The second-order valence-electron chi connectivity index (χ2n) is 2.52. The number of ether oxygens (including phenoxy) is 1. The molecule has 0 atom stereocenters. The SMILES string of the molecule is C=C(C)C(=O)OCCCOS(=O)(=O)O. The fourth-order valence-corrected chi connectivity index (χ4v) is 0.840. The molecule has 6 nitrogen and oxygen atoms in total. The topological polar surface area (TPSA) is 89.9 Å². The number of carbonyl (C=O) groups excluding carboxylic acids is 1. The number of rotatable bonds is 6. The lowest BCUT2D eigenvalue weighted by atomic mass is 10.4. The van der Waals surface area contributed by atoms with Crippen LogP contribution in [0.4, 0.5) is 0 Å². The molecule has 0 saturated carbocycles. The molecule has 0 aliphatic heterocycles. The molecule has 0 aromatic rings. The van der Waals surface area contributed by atoms with Gasteiger partial charge in [0.2, 0.25) is 0 Å². The average molecular weight is 224 g/mol. The minimum absolute atomic E-state index is 0.0151. The Bertz CT molecular complexity index is 304. The predicted molar refractivity (Wildman–Crippen MR) is 47.9 cm³/mol. The fraction of sp³-hybridized carbons (Fsp3) is 0.571. The highest BCUT2D eigenvalue weighted by Gasteiger charge is 2.05. The largest absolute Gasteiger partial charge is 0.462 e. The van der Waals surface area contributed by atoms with E-state index in [4.69, 9.17) is 4.55 Å². The van der Waals surface area contributed by atoms with Gasteiger partial charge in [0, 0.05) is 12.0 Å². The molecule has 1 N–H and O–H groups in total. The number of hydrogen-bond donors (Lipinski definition) is 1. The summed E-state index contributed by atoms with van der Waals surface area (Å²) in [6.45, 7) is 4.63. The van der Waals surface area contributed by atoms with Crippen molar-refractivity contribution in [3.63, 3.8) is 0 Å². The highest BCUT2D eigenvalue weighted by molar-refractivity contribution is 7.80. The zero-order chi connectivity index (χ0) is 11.2. The van der Waals surface area contributed by atoms with Crippen LogP contribution < -0.4 is 0 Å². The van der Waals surface area contributed by atoms with Crippen LogP contribution in [0.15, 0.2) is 12.2 Å². The van der Waals surface area contributed by atoms with Crippen LogP contribution in [0, 0.1) is 0 Å². The van der Waals surface area contributed by atoms with E-state index in [0.29, 0.717) is 0 Å². The van der Waals surface area contributed by atoms with Gasteiger partial charge < -0.3 is 4.74 Å². The summed E-state index contributed by atoms with van der Waals surface area (Å²) in [4.78, 5) is 10.8. The van der Waals surface area contributed by atoms with Gasteiger partial charge in [-0.25, -0.2) is 8.98 Å². The van der Waals surface area contributed by atoms with E-state index in [1.165, 1.54) is 6.92 Å². The average Bonchev–Trinajstić information content (AvgIpc) is 2.01. The standard InChI is InChI=1S/C7H12O6S/c1-6(2)7(8)12-4-3-5-13-14(9,10)11/h1,3-5H2,2H3,(H,9,10,11). The quantitative estimate of drug-likeness (QED) is 0.302. The Morgan fingerprint density at radius 3 is 2.43 bits per heavy atom. The summed E-state index contributed by atoms with van der Waals surface area (Å²) >= 11 is 0. The zero-order valence-corrected chi connectivity index (χ0v) is 8.54. The van der Waals surface area contributed by atoms with E-state index in [9.17, 15) is 13.2 Å². The molecule has 82 valence electrons. The predicted octanol–water partition coefficient (Wildman–Crippen LogP) is 0.315. The third-order valence-electron chi connectivity index (χ3n) is 1.10. The van der Waals surface area contributed by atoms with E-state index in [2.05, 4.69) is 15.5 Å². The Morgan fingerprint density at radius 1 is 1.43 bits per heavy atom. The first-order valence-electron chi connectivity index (χ1n) is 3.77. The van der Waals surface area contributed by atoms with Crippen molar-refractivity contribution in [3.8, 4) is 0 Å². The molecule has 0 spiro atoms. The molecule has 0 amide bonds. The second-order valence-corrected chi connectivity index (χ2v) is 3.61. The Morgan fingerprint density at radius 2 is 2.00 bits per heavy atom. The first-order chi connectivity index (χ1) is 6.33. The molecule has 14 heavy (non-hydrogen) atoms. The van der Waals surface area contributed by atoms with E-state index in [0.717, 1.165) is 0 Å². The van der Waals surface area contributed by atoms with E-state index in [1.54, 1.807) is 0 Å². The van der Waals surface area contributed by atoms with Gasteiger partial charge in [0.15, 0.2) is 0 Å². The highest BCUT2D eigenvalue weighted by Crippen LogP contribution is 1.95. The maximum atomic E-state index is 10.8. The Balaban J connectivity index is 3.49. The zero-order valence-electron chi connectivity index (χ0n) is 7.73. The normalized spacial score (nSPS) is 11.0. The molecular weight excluding hydrogens is 212 g/mol. The van der Waals surface area contributed by atoms with Crippen LogP contribution in [0.5, 0.6) is 0 Å². The Kier molecular flexibility index (Phi) is 5.36. The molecule has 0 rings (SSSR count). The van der Waals surface area contributed by atoms with E-state index in [1.807, 2.05) is 0 Å². The van der Waals surface area contributed by atoms with Crippen LogP contribution in [0.25, 0.3) is 0 Å². The molecule has 0 saturated heterocycles. The van der Waals surface area contributed by atoms with Crippen LogP contribution >= 0.6 is 0 Å². The maximum absolute atomic E-state index is 10.8. The first-order valence-corrected chi connectivity index (χ1v) is 5.14. The van der Waals surface area contributed by atoms with Crippen molar-refractivity contribution in [2.24, 2.45) is 0 Å². The Labute approximate surface area is 82.5 Å². The van der Waals surface area contributed by atoms with Gasteiger partial charge in [-0.3, -0.25) is 4.55 Å². The van der Waals surface area contributed by atoms with Crippen LogP contribution in [-0.4, -0.2) is 32.2 Å². The molecule has 0 aromatic heterocycles. The summed E-state index contributed by atoms with van der Waals surface area (Å²) in [5.41, 5.74) is 0.265. The van der Waals surface area contributed by atoms with Gasteiger partial charge in [0.25, 0.3) is 0 Å². The van der Waals surface area contributed by atoms with Crippen molar-refractivity contribution in [2.75, 3.05) is 13.2 Å². The van der Waals surface area contributed by atoms with Gasteiger partial charge in [-0.05, 0) is 6.92 Å². The second kappa shape index (κ2) is 5.74. The van der Waals surface area contributed by atoms with Gasteiger partial charge >= 0.3 is 16.4 Å². The molecule has 0 fully saturated rings. The van der Waals surface area contributed by atoms with Crippen LogP contribution in [-0.2, 0) is 24.1 Å². The molecule has 7 heteroatoms. The van der Waals surface area contributed by atoms with Crippen LogP contribution in [0.1, 0.15) is 13.3 Å². The van der Waals surface area contributed by atoms with Gasteiger partial charge in [-0.2, -0.15) is 8.42 Å². The summed E-state index contributed by atoms with van der Waals surface area (Å²) in [5, 5.41) is 0. The summed E-state index contributed by atoms with van der Waals surface area (Å²) < 4.78 is 36.8. The lowest BCUT2D eigenvalue weighted by molar-refractivity contribution is -0.139. The van der Waals surface area contributed by atoms with Crippen molar-refractivity contribution in [3.05, 3.63) is 12.2 Å². The molecule has 0 aliphatic rings. The summed E-state index contributed by atoms with van der Waals surface area (Å²) in [6, 6.07) is 0. The Hall–Kier alpha value is -0.920. The van der Waals surface area contributed by atoms with E-state index in [-0.39, 0.29) is 25.2 Å². The lowest BCUT2D eigenvalue weighted by Crippen LogP contribution is -2.10. The summed E-state index contributed by atoms with van der Waals surface area (Å²) in [7, 11) is -4.40. The molecule has 0 unspecified atom stereocenters. The number of carbonyl (C=O) groups is 1.